The minimum atomic E-state index is -0.783. The van der Waals surface area contributed by atoms with E-state index >= 15 is 0 Å². The van der Waals surface area contributed by atoms with Gasteiger partial charge in [0.15, 0.2) is 0 Å². The van der Waals surface area contributed by atoms with E-state index in [-0.39, 0.29) is 6.04 Å². The normalized spacial score (nSPS) is 17.5. The first-order chi connectivity index (χ1) is 12.9. The maximum absolute atomic E-state index is 11.0. The third-order valence-corrected chi connectivity index (χ3v) is 4.83. The molecule has 142 valence electrons. The van der Waals surface area contributed by atoms with Crippen LogP contribution in [-0.2, 0) is 11.2 Å². The summed E-state index contributed by atoms with van der Waals surface area (Å²) < 4.78 is 5.96. The number of aliphatic carboxylic acids is 1. The van der Waals surface area contributed by atoms with Gasteiger partial charge in [0.2, 0.25) is 0 Å². The van der Waals surface area contributed by atoms with Crippen LogP contribution in [0, 0.1) is 5.92 Å². The van der Waals surface area contributed by atoms with E-state index in [0.29, 0.717) is 18.1 Å². The number of rotatable bonds is 7. The van der Waals surface area contributed by atoms with Crippen molar-refractivity contribution in [3.05, 3.63) is 59.1 Å². The minimum Gasteiger partial charge on any atom is -0.491 e. The standard InChI is InChI=1S/C21H23ClN2O3/c1-14(21(25)26)11-16-3-9-20(10-4-16)27-13-19-12-15(2)23-24(19)18-7-5-17(22)6-8-18/h3-10,14,19H,11-13H2,1-2H3,(H,25,26). The van der Waals surface area contributed by atoms with Crippen molar-refractivity contribution in [3.63, 3.8) is 0 Å². The van der Waals surface area contributed by atoms with Gasteiger partial charge in [-0.3, -0.25) is 9.80 Å². The highest BCUT2D eigenvalue weighted by atomic mass is 35.5. The Morgan fingerprint density at radius 3 is 2.56 bits per heavy atom. The molecule has 1 N–H and O–H groups in total. The molecule has 0 radical (unpaired) electrons. The predicted molar refractivity (Wildman–Crippen MR) is 108 cm³/mol. The van der Waals surface area contributed by atoms with Gasteiger partial charge in [0.05, 0.1) is 17.6 Å². The molecule has 0 amide bonds. The van der Waals surface area contributed by atoms with Crippen LogP contribution < -0.4 is 9.75 Å². The summed E-state index contributed by atoms with van der Waals surface area (Å²) in [5.41, 5.74) is 3.04. The van der Waals surface area contributed by atoms with Crippen molar-refractivity contribution in [3.8, 4) is 5.75 Å². The Morgan fingerprint density at radius 2 is 1.93 bits per heavy atom. The lowest BCUT2D eigenvalue weighted by Crippen LogP contribution is -2.32. The van der Waals surface area contributed by atoms with Gasteiger partial charge in [0.1, 0.15) is 12.4 Å². The quantitative estimate of drug-likeness (QED) is 0.753. The number of halogens is 1. The van der Waals surface area contributed by atoms with Crippen LogP contribution in [0.2, 0.25) is 5.02 Å². The van der Waals surface area contributed by atoms with Gasteiger partial charge in [-0.15, -0.1) is 0 Å². The van der Waals surface area contributed by atoms with Gasteiger partial charge in [-0.1, -0.05) is 30.7 Å². The average Bonchev–Trinajstić information content (AvgIpc) is 3.02. The SMILES string of the molecule is CC1=NN(c2ccc(Cl)cc2)C(COc2ccc(CC(C)C(=O)O)cc2)C1. The van der Waals surface area contributed by atoms with Crippen molar-refractivity contribution in [2.45, 2.75) is 32.7 Å². The fraction of sp³-hybridized carbons (Fsp3) is 0.333. The molecule has 0 bridgehead atoms. The number of ether oxygens (including phenoxy) is 1. The van der Waals surface area contributed by atoms with Gasteiger partial charge in [0.25, 0.3) is 0 Å². The topological polar surface area (TPSA) is 62.1 Å². The van der Waals surface area contributed by atoms with Gasteiger partial charge in [0, 0.05) is 17.2 Å². The van der Waals surface area contributed by atoms with Crippen LogP contribution in [0.15, 0.2) is 53.6 Å². The van der Waals surface area contributed by atoms with Gasteiger partial charge >= 0.3 is 5.97 Å². The Hall–Kier alpha value is -2.53. The van der Waals surface area contributed by atoms with Gasteiger partial charge in [-0.05, 0) is 55.3 Å². The second kappa shape index (κ2) is 8.44. The molecule has 0 aromatic heterocycles. The first-order valence-corrected chi connectivity index (χ1v) is 9.33. The third-order valence-electron chi connectivity index (χ3n) is 4.58. The summed E-state index contributed by atoms with van der Waals surface area (Å²) in [7, 11) is 0. The Balaban J connectivity index is 1.60. The first-order valence-electron chi connectivity index (χ1n) is 8.96. The Morgan fingerprint density at radius 1 is 1.26 bits per heavy atom. The molecule has 0 saturated heterocycles. The molecule has 0 aliphatic carbocycles. The molecule has 6 heteroatoms. The van der Waals surface area contributed by atoms with Crippen molar-refractivity contribution in [2.75, 3.05) is 11.6 Å². The van der Waals surface area contributed by atoms with Crippen molar-refractivity contribution in [2.24, 2.45) is 11.0 Å². The summed E-state index contributed by atoms with van der Waals surface area (Å²) in [6, 6.07) is 15.4. The molecule has 0 fully saturated rings. The lowest BCUT2D eigenvalue weighted by molar-refractivity contribution is -0.141. The Bertz CT molecular complexity index is 818. The Kier molecular flexibility index (Phi) is 6.01. The molecule has 0 saturated carbocycles. The van der Waals surface area contributed by atoms with Crippen LogP contribution in [0.1, 0.15) is 25.8 Å². The lowest BCUT2D eigenvalue weighted by atomic mass is 10.0. The van der Waals surface area contributed by atoms with Crippen molar-refractivity contribution in [1.82, 2.24) is 0 Å². The fourth-order valence-electron chi connectivity index (χ4n) is 3.08. The van der Waals surface area contributed by atoms with Gasteiger partial charge in [-0.2, -0.15) is 5.10 Å². The average molecular weight is 387 g/mol. The van der Waals surface area contributed by atoms with Gasteiger partial charge in [-0.25, -0.2) is 0 Å². The molecule has 2 aromatic carbocycles. The summed E-state index contributed by atoms with van der Waals surface area (Å²) in [6.07, 6.45) is 1.35. The number of hydrogen-bond donors (Lipinski definition) is 1. The molecular formula is C21H23ClN2O3. The molecule has 2 unspecified atom stereocenters. The summed E-state index contributed by atoms with van der Waals surface area (Å²) in [5.74, 6) is -0.417. The number of hydrazone groups is 1. The maximum atomic E-state index is 11.0. The molecule has 1 heterocycles. The minimum absolute atomic E-state index is 0.123. The molecule has 3 rings (SSSR count). The third kappa shape index (κ3) is 5.01. The number of benzene rings is 2. The highest BCUT2D eigenvalue weighted by Crippen LogP contribution is 2.26. The monoisotopic (exact) mass is 386 g/mol. The van der Waals surface area contributed by atoms with E-state index in [2.05, 4.69) is 5.10 Å². The number of nitrogens with zero attached hydrogens (tertiary/aromatic N) is 2. The van der Waals surface area contributed by atoms with Crippen molar-refractivity contribution < 1.29 is 14.6 Å². The smallest absolute Gasteiger partial charge is 0.306 e. The molecule has 2 aromatic rings. The lowest BCUT2D eigenvalue weighted by Gasteiger charge is -2.24. The van der Waals surface area contributed by atoms with Crippen LogP contribution in [0.5, 0.6) is 5.75 Å². The number of carbonyl (C=O) groups is 1. The summed E-state index contributed by atoms with van der Waals surface area (Å²) in [5, 5.41) is 16.3. The predicted octanol–water partition coefficient (Wildman–Crippen LogP) is 4.64. The molecule has 1 aliphatic rings. The summed E-state index contributed by atoms with van der Waals surface area (Å²) in [6.45, 7) is 4.23. The fourth-order valence-corrected chi connectivity index (χ4v) is 3.21. The van der Waals surface area contributed by atoms with E-state index < -0.39 is 11.9 Å². The number of hydrogen-bond acceptors (Lipinski definition) is 4. The number of carboxylic acid groups (broad SMARTS) is 1. The zero-order valence-electron chi connectivity index (χ0n) is 15.4. The zero-order valence-corrected chi connectivity index (χ0v) is 16.2. The number of carboxylic acids is 1. The highest BCUT2D eigenvalue weighted by Gasteiger charge is 2.26. The molecule has 5 nitrogen and oxygen atoms in total. The molecule has 27 heavy (non-hydrogen) atoms. The van der Waals surface area contributed by atoms with E-state index in [1.807, 2.05) is 60.5 Å². The van der Waals surface area contributed by atoms with Gasteiger partial charge < -0.3 is 9.84 Å². The Labute approximate surface area is 164 Å². The molecule has 2 atom stereocenters. The van der Waals surface area contributed by atoms with Crippen molar-refractivity contribution >= 4 is 29.0 Å². The molecule has 0 spiro atoms. The highest BCUT2D eigenvalue weighted by molar-refractivity contribution is 6.30. The molecule has 1 aliphatic heterocycles. The maximum Gasteiger partial charge on any atom is 0.306 e. The van der Waals surface area contributed by atoms with Crippen LogP contribution in [0.4, 0.5) is 5.69 Å². The van der Waals surface area contributed by atoms with Crippen molar-refractivity contribution in [1.29, 1.82) is 0 Å². The van der Waals surface area contributed by atoms with E-state index in [0.717, 1.165) is 29.1 Å². The largest absolute Gasteiger partial charge is 0.491 e. The van der Waals surface area contributed by atoms with Crippen LogP contribution >= 0.6 is 11.6 Å². The van der Waals surface area contributed by atoms with E-state index in [4.69, 9.17) is 21.4 Å². The first kappa shape index (κ1) is 19.2. The van der Waals surface area contributed by atoms with E-state index in [9.17, 15) is 4.79 Å². The second-order valence-electron chi connectivity index (χ2n) is 6.91. The number of anilines is 1. The van der Waals surface area contributed by atoms with E-state index in [1.54, 1.807) is 6.92 Å². The molecular weight excluding hydrogens is 364 g/mol. The van der Waals surface area contributed by atoms with Crippen LogP contribution in [0.3, 0.4) is 0 Å². The van der Waals surface area contributed by atoms with Crippen LogP contribution in [-0.4, -0.2) is 29.4 Å². The summed E-state index contributed by atoms with van der Waals surface area (Å²) in [4.78, 5) is 11.0. The van der Waals surface area contributed by atoms with Crippen LogP contribution in [0.25, 0.3) is 0 Å². The summed E-state index contributed by atoms with van der Waals surface area (Å²) >= 11 is 5.97. The zero-order chi connectivity index (χ0) is 19.4. The van der Waals surface area contributed by atoms with E-state index in [1.165, 1.54) is 0 Å². The second-order valence-corrected chi connectivity index (χ2v) is 7.35.